The first-order valence-corrected chi connectivity index (χ1v) is 12.4. The zero-order chi connectivity index (χ0) is 23.9. The van der Waals surface area contributed by atoms with Crippen LogP contribution in [0.2, 0.25) is 0 Å². The molecule has 1 amide bonds. The van der Waals surface area contributed by atoms with Gasteiger partial charge in [-0.15, -0.1) is 11.3 Å². The molecule has 4 rings (SSSR count). The summed E-state index contributed by atoms with van der Waals surface area (Å²) in [6.45, 7) is 1.09. The molecule has 0 aliphatic carbocycles. The monoisotopic (exact) mass is 496 g/mol. The van der Waals surface area contributed by atoms with Gasteiger partial charge in [-0.2, -0.15) is 0 Å². The molecule has 4 aromatic rings. The molecule has 2 aromatic heterocycles. The number of thiazole rings is 1. The van der Waals surface area contributed by atoms with Gasteiger partial charge in [0.2, 0.25) is 5.91 Å². The highest BCUT2D eigenvalue weighted by Gasteiger charge is 2.21. The average molecular weight is 497 g/mol. The second-order valence-electron chi connectivity index (χ2n) is 7.29. The van der Waals surface area contributed by atoms with Gasteiger partial charge in [0.15, 0.2) is 10.3 Å². The highest BCUT2D eigenvalue weighted by molar-refractivity contribution is 7.99. The number of ether oxygens (including phenoxy) is 2. The zero-order valence-electron chi connectivity index (χ0n) is 18.8. The van der Waals surface area contributed by atoms with Crippen LogP contribution in [0, 0.1) is 0 Å². The summed E-state index contributed by atoms with van der Waals surface area (Å²) in [4.78, 5) is 37.0. The summed E-state index contributed by atoms with van der Waals surface area (Å²) < 4.78 is 12.0. The summed E-state index contributed by atoms with van der Waals surface area (Å²) in [5.74, 6) is 0.729. The lowest BCUT2D eigenvalue weighted by atomic mass is 10.2. The van der Waals surface area contributed by atoms with E-state index in [4.69, 9.17) is 9.47 Å². The Balaban J connectivity index is 1.58. The Morgan fingerprint density at radius 1 is 1.15 bits per heavy atom. The molecule has 0 atom stereocenters. The van der Waals surface area contributed by atoms with Crippen molar-refractivity contribution in [3.63, 3.8) is 0 Å². The fourth-order valence-corrected chi connectivity index (χ4v) is 4.93. The first kappa shape index (κ1) is 23.9. The van der Waals surface area contributed by atoms with Crippen molar-refractivity contribution in [2.75, 3.05) is 31.5 Å². The van der Waals surface area contributed by atoms with Crippen molar-refractivity contribution in [2.24, 2.45) is 0 Å². The number of anilines is 1. The number of amides is 1. The minimum absolute atomic E-state index is 0.105. The normalized spacial score (nSPS) is 11.0. The maximum atomic E-state index is 13.3. The number of methoxy groups -OCH3 is 2. The molecule has 0 radical (unpaired) electrons. The van der Waals surface area contributed by atoms with Crippen LogP contribution >= 0.6 is 23.1 Å². The summed E-state index contributed by atoms with van der Waals surface area (Å²) in [5, 5.41) is 3.48. The van der Waals surface area contributed by atoms with E-state index in [0.717, 1.165) is 11.3 Å². The number of hydrogen-bond donors (Lipinski definition) is 0. The van der Waals surface area contributed by atoms with Gasteiger partial charge in [0.05, 0.1) is 43.5 Å². The smallest absolute Gasteiger partial charge is 0.262 e. The van der Waals surface area contributed by atoms with Gasteiger partial charge in [-0.1, -0.05) is 36.0 Å². The van der Waals surface area contributed by atoms with E-state index >= 15 is 0 Å². The van der Waals surface area contributed by atoms with Gasteiger partial charge in [0.1, 0.15) is 5.75 Å². The molecule has 0 saturated heterocycles. The van der Waals surface area contributed by atoms with Crippen molar-refractivity contribution < 1.29 is 14.3 Å². The summed E-state index contributed by atoms with van der Waals surface area (Å²) >= 11 is 2.64. The van der Waals surface area contributed by atoms with Crippen molar-refractivity contribution in [1.29, 1.82) is 0 Å². The quantitative estimate of drug-likeness (QED) is 0.244. The van der Waals surface area contributed by atoms with Crippen LogP contribution in [0.4, 0.5) is 5.13 Å². The third-order valence-electron chi connectivity index (χ3n) is 5.12. The Morgan fingerprint density at radius 3 is 2.65 bits per heavy atom. The fourth-order valence-electron chi connectivity index (χ4n) is 3.37. The minimum atomic E-state index is -0.146. The van der Waals surface area contributed by atoms with Gasteiger partial charge in [-0.05, 0) is 29.8 Å². The predicted octanol–water partition coefficient (Wildman–Crippen LogP) is 3.83. The summed E-state index contributed by atoms with van der Waals surface area (Å²) in [5.41, 5.74) is 1.41. The van der Waals surface area contributed by atoms with Gasteiger partial charge < -0.3 is 9.47 Å². The second kappa shape index (κ2) is 11.3. The molecular weight excluding hydrogens is 472 g/mol. The Morgan fingerprint density at radius 2 is 1.94 bits per heavy atom. The lowest BCUT2D eigenvalue weighted by Gasteiger charge is -2.20. The maximum absolute atomic E-state index is 13.3. The van der Waals surface area contributed by atoms with Crippen molar-refractivity contribution >= 4 is 45.0 Å². The summed E-state index contributed by atoms with van der Waals surface area (Å²) in [6.07, 6.45) is 1.68. The van der Waals surface area contributed by atoms with Crippen molar-refractivity contribution in [1.82, 2.24) is 14.5 Å². The zero-order valence-corrected chi connectivity index (χ0v) is 20.5. The number of carbonyl (C=O) groups is 1. The highest BCUT2D eigenvalue weighted by atomic mass is 32.2. The molecule has 0 bridgehead atoms. The maximum Gasteiger partial charge on any atom is 0.262 e. The average Bonchev–Trinajstić information content (AvgIpc) is 3.40. The molecule has 8 nitrogen and oxygen atoms in total. The minimum Gasteiger partial charge on any atom is -0.497 e. The standard InChI is InChI=1S/C24H24N4O4S2/c1-31-13-12-27-22(30)19-5-3-4-6-20(19)26-24(27)34-16-21(29)28(23-25-11-14-33-23)15-17-7-9-18(32-2)10-8-17/h3-11,14H,12-13,15-16H2,1-2H3. The van der Waals surface area contributed by atoms with E-state index in [1.165, 1.54) is 23.1 Å². The van der Waals surface area contributed by atoms with Crippen molar-refractivity contribution in [2.45, 2.75) is 18.2 Å². The molecule has 34 heavy (non-hydrogen) atoms. The number of aromatic nitrogens is 3. The molecule has 10 heteroatoms. The molecular formula is C24H24N4O4S2. The molecule has 0 aliphatic heterocycles. The Labute approximate surface area is 205 Å². The first-order chi connectivity index (χ1) is 16.6. The van der Waals surface area contributed by atoms with E-state index in [1.54, 1.807) is 42.0 Å². The second-order valence-corrected chi connectivity index (χ2v) is 9.11. The fraction of sp³-hybridized carbons (Fsp3) is 0.250. The van der Waals surface area contributed by atoms with E-state index < -0.39 is 0 Å². The van der Waals surface area contributed by atoms with Gasteiger partial charge in [-0.25, -0.2) is 9.97 Å². The third kappa shape index (κ3) is 5.46. The lowest BCUT2D eigenvalue weighted by Crippen LogP contribution is -2.32. The number of para-hydroxylation sites is 1. The van der Waals surface area contributed by atoms with Gasteiger partial charge in [0.25, 0.3) is 5.56 Å². The van der Waals surface area contributed by atoms with Crippen LogP contribution < -0.4 is 15.2 Å². The summed E-state index contributed by atoms with van der Waals surface area (Å²) in [6, 6.07) is 14.8. The molecule has 176 valence electrons. The Hall–Kier alpha value is -3.21. The van der Waals surface area contributed by atoms with Crippen LogP contribution in [0.1, 0.15) is 5.56 Å². The van der Waals surface area contributed by atoms with E-state index in [2.05, 4.69) is 9.97 Å². The van der Waals surface area contributed by atoms with Crippen LogP contribution in [0.3, 0.4) is 0 Å². The molecule has 0 saturated carbocycles. The molecule has 0 N–H and O–H groups in total. The number of rotatable bonds is 10. The van der Waals surface area contributed by atoms with Gasteiger partial charge >= 0.3 is 0 Å². The first-order valence-electron chi connectivity index (χ1n) is 10.5. The number of carbonyl (C=O) groups excluding carboxylic acids is 1. The Kier molecular flexibility index (Phi) is 7.94. The van der Waals surface area contributed by atoms with Crippen LogP contribution in [-0.2, 0) is 22.6 Å². The molecule has 0 aliphatic rings. The number of thioether (sulfide) groups is 1. The highest BCUT2D eigenvalue weighted by Crippen LogP contribution is 2.24. The Bertz CT molecular complexity index is 1310. The number of hydrogen-bond acceptors (Lipinski definition) is 8. The van der Waals surface area contributed by atoms with Crippen LogP contribution in [0.25, 0.3) is 10.9 Å². The molecule has 0 fully saturated rings. The largest absolute Gasteiger partial charge is 0.497 e. The van der Waals surface area contributed by atoms with Crippen LogP contribution in [-0.4, -0.2) is 47.0 Å². The van der Waals surface area contributed by atoms with E-state index in [0.29, 0.717) is 40.9 Å². The molecule has 0 unspecified atom stereocenters. The van der Waals surface area contributed by atoms with E-state index in [9.17, 15) is 9.59 Å². The van der Waals surface area contributed by atoms with E-state index in [-0.39, 0.29) is 17.2 Å². The molecule has 2 heterocycles. The number of nitrogens with zero attached hydrogens (tertiary/aromatic N) is 4. The summed E-state index contributed by atoms with van der Waals surface area (Å²) in [7, 11) is 3.20. The predicted molar refractivity (Wildman–Crippen MR) is 135 cm³/mol. The topological polar surface area (TPSA) is 86.6 Å². The van der Waals surface area contributed by atoms with Gasteiger partial charge in [0, 0.05) is 18.7 Å². The van der Waals surface area contributed by atoms with Crippen LogP contribution in [0.5, 0.6) is 5.75 Å². The third-order valence-corrected chi connectivity index (χ3v) is 6.88. The lowest BCUT2D eigenvalue weighted by molar-refractivity contribution is -0.116. The SMILES string of the molecule is COCCn1c(SCC(=O)N(Cc2ccc(OC)cc2)c2nccs2)nc2ccccc2c1=O. The molecule has 0 spiro atoms. The van der Waals surface area contributed by atoms with Crippen molar-refractivity contribution in [3.05, 3.63) is 76.0 Å². The van der Waals surface area contributed by atoms with Crippen molar-refractivity contribution in [3.8, 4) is 5.75 Å². The number of benzene rings is 2. The van der Waals surface area contributed by atoms with Crippen LogP contribution in [0.15, 0.2) is 70.1 Å². The molecule has 2 aromatic carbocycles. The number of fused-ring (bicyclic) bond motifs is 1. The van der Waals surface area contributed by atoms with Gasteiger partial charge in [-0.3, -0.25) is 19.1 Å². The van der Waals surface area contributed by atoms with E-state index in [1.807, 2.05) is 41.8 Å².